The number of furan rings is 1. The van der Waals surface area contributed by atoms with Crippen LogP contribution in [-0.2, 0) is 21.3 Å². The summed E-state index contributed by atoms with van der Waals surface area (Å²) in [5, 5.41) is 0. The van der Waals surface area contributed by atoms with E-state index in [-0.39, 0.29) is 22.8 Å². The largest absolute Gasteiger partial charge is 0.468 e. The van der Waals surface area contributed by atoms with E-state index in [4.69, 9.17) is 9.15 Å². The minimum Gasteiger partial charge on any atom is -0.468 e. The molecule has 9 heteroatoms. The van der Waals surface area contributed by atoms with E-state index in [1.54, 1.807) is 19.1 Å². The first-order chi connectivity index (χ1) is 15.7. The number of carbonyl (C=O) groups is 2. The lowest BCUT2D eigenvalue weighted by atomic mass is 10.1. The van der Waals surface area contributed by atoms with Crippen molar-refractivity contribution >= 4 is 21.8 Å². The lowest BCUT2D eigenvalue weighted by Gasteiger charge is -2.11. The molecule has 1 aliphatic rings. The van der Waals surface area contributed by atoms with Crippen molar-refractivity contribution in [2.45, 2.75) is 51.1 Å². The van der Waals surface area contributed by atoms with Gasteiger partial charge < -0.3 is 13.7 Å². The van der Waals surface area contributed by atoms with Gasteiger partial charge in [-0.05, 0) is 69.5 Å². The fourth-order valence-electron chi connectivity index (χ4n) is 3.89. The second-order valence-electron chi connectivity index (χ2n) is 8.27. The molecule has 0 aliphatic heterocycles. The molecule has 1 saturated carbocycles. The molecule has 0 bridgehead atoms. The van der Waals surface area contributed by atoms with Crippen molar-refractivity contribution in [2.75, 3.05) is 6.61 Å². The number of aromatic nitrogens is 1. The van der Waals surface area contributed by atoms with E-state index in [1.807, 2.05) is 19.9 Å². The maximum atomic E-state index is 12.7. The van der Waals surface area contributed by atoms with Gasteiger partial charge in [0.25, 0.3) is 0 Å². The van der Waals surface area contributed by atoms with Crippen molar-refractivity contribution in [3.05, 3.63) is 76.5 Å². The molecule has 3 aromatic rings. The summed E-state index contributed by atoms with van der Waals surface area (Å²) in [4.78, 5) is 25.3. The highest BCUT2D eigenvalue weighted by Crippen LogP contribution is 2.38. The van der Waals surface area contributed by atoms with Crippen LogP contribution in [0.5, 0.6) is 0 Å². The number of nitrogens with one attached hydrogen (secondary N) is 1. The lowest BCUT2D eigenvalue weighted by molar-refractivity contribution is 0.0473. The SMILES string of the molecule is Cc1ccc(S(=O)(=O)NCc2ccco2)cc1C(=O)OCC(=O)c1cc(C)n(C2CC2)c1C. The number of rotatable bonds is 9. The number of ether oxygens (including phenoxy) is 1. The van der Waals surface area contributed by atoms with Crippen molar-refractivity contribution in [1.82, 2.24) is 9.29 Å². The Morgan fingerprint density at radius 3 is 2.55 bits per heavy atom. The monoisotopic (exact) mass is 470 g/mol. The quantitative estimate of drug-likeness (QED) is 0.376. The molecule has 1 aliphatic carbocycles. The van der Waals surface area contributed by atoms with Crippen LogP contribution >= 0.6 is 0 Å². The molecule has 1 fully saturated rings. The minimum atomic E-state index is -3.88. The van der Waals surface area contributed by atoms with Crippen LogP contribution in [0.25, 0.3) is 0 Å². The van der Waals surface area contributed by atoms with Crippen LogP contribution in [0.2, 0.25) is 0 Å². The Labute approximate surface area is 192 Å². The number of nitrogens with zero attached hydrogens (tertiary/aromatic N) is 1. The van der Waals surface area contributed by atoms with Crippen LogP contribution in [0.15, 0.2) is 52.0 Å². The van der Waals surface area contributed by atoms with Gasteiger partial charge in [0.2, 0.25) is 15.8 Å². The summed E-state index contributed by atoms with van der Waals surface area (Å²) in [7, 11) is -3.88. The van der Waals surface area contributed by atoms with Crippen molar-refractivity contribution in [3.8, 4) is 0 Å². The third kappa shape index (κ3) is 4.94. The molecule has 33 heavy (non-hydrogen) atoms. The highest BCUT2D eigenvalue weighted by atomic mass is 32.2. The number of esters is 1. The third-order valence-corrected chi connectivity index (χ3v) is 7.19. The molecule has 2 heterocycles. The summed E-state index contributed by atoms with van der Waals surface area (Å²) in [5.74, 6) is -0.574. The molecular weight excluding hydrogens is 444 g/mol. The molecule has 8 nitrogen and oxygen atoms in total. The molecule has 1 aromatic carbocycles. The highest BCUT2D eigenvalue weighted by Gasteiger charge is 2.28. The second-order valence-corrected chi connectivity index (χ2v) is 10.0. The van der Waals surface area contributed by atoms with Crippen LogP contribution in [0.1, 0.15) is 62.3 Å². The third-order valence-electron chi connectivity index (χ3n) is 5.79. The van der Waals surface area contributed by atoms with Gasteiger partial charge in [-0.25, -0.2) is 17.9 Å². The Bertz CT molecular complexity index is 1300. The first-order valence-corrected chi connectivity index (χ1v) is 12.2. The van der Waals surface area contributed by atoms with Crippen molar-refractivity contribution < 1.29 is 27.2 Å². The van der Waals surface area contributed by atoms with Crippen LogP contribution in [-0.4, -0.2) is 31.3 Å². The van der Waals surface area contributed by atoms with Crippen LogP contribution in [0.4, 0.5) is 0 Å². The van der Waals surface area contributed by atoms with Crippen molar-refractivity contribution in [3.63, 3.8) is 0 Å². The molecule has 1 N–H and O–H groups in total. The zero-order valence-corrected chi connectivity index (χ0v) is 19.6. The van der Waals surface area contributed by atoms with E-state index >= 15 is 0 Å². The number of hydrogen-bond acceptors (Lipinski definition) is 6. The number of sulfonamides is 1. The Kier molecular flexibility index (Phi) is 6.27. The second kappa shape index (κ2) is 8.99. The average Bonchev–Trinajstić information content (AvgIpc) is 3.37. The van der Waals surface area contributed by atoms with Crippen molar-refractivity contribution in [2.24, 2.45) is 0 Å². The zero-order chi connectivity index (χ0) is 23.8. The Balaban J connectivity index is 1.45. The highest BCUT2D eigenvalue weighted by molar-refractivity contribution is 7.89. The minimum absolute atomic E-state index is 0.0171. The maximum absolute atomic E-state index is 12.7. The first-order valence-electron chi connectivity index (χ1n) is 10.7. The van der Waals surface area contributed by atoms with Gasteiger partial charge in [-0.1, -0.05) is 6.07 Å². The number of benzene rings is 1. The molecule has 4 rings (SSSR count). The topological polar surface area (TPSA) is 108 Å². The predicted molar refractivity (Wildman–Crippen MR) is 121 cm³/mol. The standard InChI is InChI=1S/C24H26N2O6S/c1-15-6-9-20(33(29,30)25-13-19-5-4-10-31-19)12-21(15)24(28)32-14-23(27)22-11-16(2)26(17(22)3)18-7-8-18/h4-6,9-12,18,25H,7-8,13-14H2,1-3H3. The molecular formula is C24H26N2O6S. The van der Waals surface area contributed by atoms with Gasteiger partial charge in [0.05, 0.1) is 23.3 Å². The van der Waals surface area contributed by atoms with Gasteiger partial charge in [-0.3, -0.25) is 4.79 Å². The summed E-state index contributed by atoms with van der Waals surface area (Å²) >= 11 is 0. The van der Waals surface area contributed by atoms with Gasteiger partial charge in [-0.15, -0.1) is 0 Å². The smallest absolute Gasteiger partial charge is 0.338 e. The summed E-state index contributed by atoms with van der Waals surface area (Å²) in [5.41, 5.74) is 3.07. The van der Waals surface area contributed by atoms with Crippen molar-refractivity contribution in [1.29, 1.82) is 0 Å². The molecule has 2 aromatic heterocycles. The fraction of sp³-hybridized carbons (Fsp3) is 0.333. The zero-order valence-electron chi connectivity index (χ0n) is 18.8. The van der Waals surface area contributed by atoms with E-state index in [1.165, 1.54) is 24.5 Å². The predicted octanol–water partition coefficient (Wildman–Crippen LogP) is 3.86. The van der Waals surface area contributed by atoms with E-state index < -0.39 is 22.6 Å². The molecule has 0 spiro atoms. The van der Waals surface area contributed by atoms with E-state index in [0.29, 0.717) is 22.9 Å². The Hall–Kier alpha value is -3.17. The maximum Gasteiger partial charge on any atom is 0.338 e. The normalized spacial score (nSPS) is 13.8. The molecule has 0 saturated heterocycles. The number of Topliss-reactive ketones (excluding diaryl/α,β-unsaturated/α-hetero) is 1. The summed E-state index contributed by atoms with van der Waals surface area (Å²) in [6.07, 6.45) is 3.66. The summed E-state index contributed by atoms with van der Waals surface area (Å²) in [6.45, 7) is 5.10. The average molecular weight is 471 g/mol. The Morgan fingerprint density at radius 1 is 1.12 bits per heavy atom. The number of ketones is 1. The van der Waals surface area contributed by atoms with Gasteiger partial charge in [-0.2, -0.15) is 0 Å². The van der Waals surface area contributed by atoms with E-state index in [9.17, 15) is 18.0 Å². The molecule has 0 atom stereocenters. The number of hydrogen-bond donors (Lipinski definition) is 1. The van der Waals surface area contributed by atoms with Crippen LogP contribution < -0.4 is 4.72 Å². The van der Waals surface area contributed by atoms with Gasteiger partial charge in [0.1, 0.15) is 5.76 Å². The van der Waals surface area contributed by atoms with Gasteiger partial charge in [0, 0.05) is 23.0 Å². The first kappa shape index (κ1) is 23.0. The van der Waals surface area contributed by atoms with Gasteiger partial charge in [0.15, 0.2) is 6.61 Å². The van der Waals surface area contributed by atoms with Crippen LogP contribution in [0.3, 0.4) is 0 Å². The molecule has 174 valence electrons. The summed E-state index contributed by atoms with van der Waals surface area (Å²) in [6, 6.07) is 9.78. The molecule has 0 radical (unpaired) electrons. The van der Waals surface area contributed by atoms with Gasteiger partial charge >= 0.3 is 5.97 Å². The summed E-state index contributed by atoms with van der Waals surface area (Å²) < 4.78 is 40.3. The van der Waals surface area contributed by atoms with E-state index in [2.05, 4.69) is 9.29 Å². The molecule has 0 amide bonds. The number of aryl methyl sites for hydroxylation is 2. The van der Waals surface area contributed by atoms with E-state index in [0.717, 1.165) is 24.2 Å². The molecule has 0 unspecified atom stereocenters. The fourth-order valence-corrected chi connectivity index (χ4v) is 4.91. The lowest BCUT2D eigenvalue weighted by Crippen LogP contribution is -2.23. The number of carbonyl (C=O) groups excluding carboxylic acids is 2. The van der Waals surface area contributed by atoms with Crippen LogP contribution in [0, 0.1) is 20.8 Å². The Morgan fingerprint density at radius 2 is 1.88 bits per heavy atom.